The molecule has 0 aromatic heterocycles. The highest BCUT2D eigenvalue weighted by molar-refractivity contribution is 6.74. The summed E-state index contributed by atoms with van der Waals surface area (Å²) in [6.45, 7) is 11.7. The molecule has 0 atom stereocenters. The van der Waals surface area contributed by atoms with E-state index in [0.29, 0.717) is 19.4 Å². The molecular formula is C14H30N2O3Si. The third-order valence-corrected chi connectivity index (χ3v) is 8.43. The van der Waals surface area contributed by atoms with Crippen LogP contribution in [0.2, 0.25) is 18.1 Å². The van der Waals surface area contributed by atoms with E-state index in [0.717, 1.165) is 0 Å². The molecule has 0 aliphatic rings. The lowest BCUT2D eigenvalue weighted by molar-refractivity contribution is -0.134. The molecule has 0 aromatic rings. The SMILES string of the molecule is CNC(=O)CN(C)C(=O)CCCO[Si](C)(C)C(C)(C)C. The zero-order valence-corrected chi connectivity index (χ0v) is 15.0. The van der Waals surface area contributed by atoms with Crippen molar-refractivity contribution in [2.24, 2.45) is 0 Å². The fraction of sp³-hybridized carbons (Fsp3) is 0.857. The van der Waals surface area contributed by atoms with Gasteiger partial charge in [0.25, 0.3) is 0 Å². The third-order valence-electron chi connectivity index (χ3n) is 3.89. The van der Waals surface area contributed by atoms with Crippen LogP contribution in [0.5, 0.6) is 0 Å². The minimum absolute atomic E-state index is 0.0209. The maximum Gasteiger partial charge on any atom is 0.239 e. The summed E-state index contributed by atoms with van der Waals surface area (Å²) < 4.78 is 6.02. The van der Waals surface area contributed by atoms with Crippen molar-refractivity contribution < 1.29 is 14.0 Å². The van der Waals surface area contributed by atoms with Crippen LogP contribution in [-0.2, 0) is 14.0 Å². The fourth-order valence-electron chi connectivity index (χ4n) is 1.34. The number of likely N-dealkylation sites (N-methyl/N-ethyl adjacent to an activating group) is 2. The van der Waals surface area contributed by atoms with Gasteiger partial charge in [0.2, 0.25) is 11.8 Å². The Morgan fingerprint density at radius 2 is 1.80 bits per heavy atom. The molecule has 0 bridgehead atoms. The Morgan fingerprint density at radius 3 is 2.25 bits per heavy atom. The molecule has 118 valence electrons. The molecule has 0 saturated heterocycles. The number of carbonyl (C=O) groups is 2. The first-order valence-electron chi connectivity index (χ1n) is 7.10. The maximum atomic E-state index is 11.8. The van der Waals surface area contributed by atoms with Gasteiger partial charge in [0.1, 0.15) is 0 Å². The maximum absolute atomic E-state index is 11.8. The van der Waals surface area contributed by atoms with Crippen LogP contribution >= 0.6 is 0 Å². The van der Waals surface area contributed by atoms with Crippen molar-refractivity contribution in [1.29, 1.82) is 0 Å². The van der Waals surface area contributed by atoms with Crippen molar-refractivity contribution in [2.45, 2.75) is 51.7 Å². The highest BCUT2D eigenvalue weighted by Crippen LogP contribution is 2.36. The summed E-state index contributed by atoms with van der Waals surface area (Å²) in [6, 6.07) is 0. The first-order chi connectivity index (χ1) is 9.01. The van der Waals surface area contributed by atoms with Crippen LogP contribution in [0.3, 0.4) is 0 Å². The van der Waals surface area contributed by atoms with Gasteiger partial charge in [-0.2, -0.15) is 0 Å². The van der Waals surface area contributed by atoms with Crippen LogP contribution in [-0.4, -0.2) is 52.3 Å². The normalized spacial score (nSPS) is 12.2. The molecule has 5 nitrogen and oxygen atoms in total. The molecule has 0 saturated carbocycles. The lowest BCUT2D eigenvalue weighted by Crippen LogP contribution is -2.41. The number of carbonyl (C=O) groups excluding carboxylic acids is 2. The van der Waals surface area contributed by atoms with Gasteiger partial charge in [-0.05, 0) is 24.6 Å². The largest absolute Gasteiger partial charge is 0.417 e. The molecule has 0 fully saturated rings. The van der Waals surface area contributed by atoms with Gasteiger partial charge in [-0.15, -0.1) is 0 Å². The van der Waals surface area contributed by atoms with E-state index in [1.54, 1.807) is 14.1 Å². The Hall–Kier alpha value is -0.883. The van der Waals surface area contributed by atoms with Crippen molar-refractivity contribution in [3.63, 3.8) is 0 Å². The van der Waals surface area contributed by atoms with E-state index in [9.17, 15) is 9.59 Å². The molecule has 0 aromatic carbocycles. The number of amides is 2. The molecule has 0 aliphatic heterocycles. The molecule has 0 heterocycles. The lowest BCUT2D eigenvalue weighted by atomic mass is 10.2. The summed E-state index contributed by atoms with van der Waals surface area (Å²) in [5.41, 5.74) is 0. The highest BCUT2D eigenvalue weighted by Gasteiger charge is 2.36. The standard InChI is InChI=1S/C14H30N2O3Si/c1-14(2,3)20(6,7)19-10-8-9-13(18)16(5)11-12(17)15-4/h8-11H2,1-7H3,(H,15,17). The predicted octanol–water partition coefficient (Wildman–Crippen LogP) is 1.99. The third kappa shape index (κ3) is 6.52. The first-order valence-corrected chi connectivity index (χ1v) is 10.0. The van der Waals surface area contributed by atoms with Gasteiger partial charge in [-0.3, -0.25) is 9.59 Å². The van der Waals surface area contributed by atoms with Crippen molar-refractivity contribution in [3.8, 4) is 0 Å². The Morgan fingerprint density at radius 1 is 1.25 bits per heavy atom. The summed E-state index contributed by atoms with van der Waals surface area (Å²) in [4.78, 5) is 24.4. The van der Waals surface area contributed by atoms with Crippen molar-refractivity contribution in [3.05, 3.63) is 0 Å². The van der Waals surface area contributed by atoms with Gasteiger partial charge in [0, 0.05) is 27.1 Å². The van der Waals surface area contributed by atoms with Crippen LogP contribution in [0.4, 0.5) is 0 Å². The van der Waals surface area contributed by atoms with Crippen LogP contribution in [0.25, 0.3) is 0 Å². The van der Waals surface area contributed by atoms with E-state index in [2.05, 4.69) is 39.2 Å². The highest BCUT2D eigenvalue weighted by atomic mass is 28.4. The molecular weight excluding hydrogens is 272 g/mol. The minimum atomic E-state index is -1.73. The van der Waals surface area contributed by atoms with Gasteiger partial charge < -0.3 is 14.6 Å². The second-order valence-corrected chi connectivity index (χ2v) is 11.4. The smallest absolute Gasteiger partial charge is 0.239 e. The zero-order valence-electron chi connectivity index (χ0n) is 14.0. The van der Waals surface area contributed by atoms with Gasteiger partial charge in [0.05, 0.1) is 6.54 Å². The van der Waals surface area contributed by atoms with E-state index >= 15 is 0 Å². The topological polar surface area (TPSA) is 58.6 Å². The van der Waals surface area contributed by atoms with Crippen molar-refractivity contribution in [1.82, 2.24) is 10.2 Å². The molecule has 6 heteroatoms. The molecule has 20 heavy (non-hydrogen) atoms. The molecule has 0 aliphatic carbocycles. The fourth-order valence-corrected chi connectivity index (χ4v) is 2.43. The van der Waals surface area contributed by atoms with Gasteiger partial charge in [0.15, 0.2) is 8.32 Å². The first kappa shape index (κ1) is 19.1. The van der Waals surface area contributed by atoms with E-state index in [-0.39, 0.29) is 23.4 Å². The van der Waals surface area contributed by atoms with Gasteiger partial charge >= 0.3 is 0 Å². The summed E-state index contributed by atoms with van der Waals surface area (Å²) in [6.07, 6.45) is 1.12. The Kier molecular flexibility index (Phi) is 7.44. The molecule has 0 spiro atoms. The van der Waals surface area contributed by atoms with E-state index in [4.69, 9.17) is 4.43 Å². The summed E-state index contributed by atoms with van der Waals surface area (Å²) in [7, 11) is 1.48. The summed E-state index contributed by atoms with van der Waals surface area (Å²) in [5.74, 6) is -0.175. The zero-order chi connectivity index (χ0) is 16.0. The monoisotopic (exact) mass is 302 g/mol. The van der Waals surface area contributed by atoms with Crippen molar-refractivity contribution in [2.75, 3.05) is 27.2 Å². The molecule has 0 rings (SSSR count). The molecule has 1 N–H and O–H groups in total. The predicted molar refractivity (Wildman–Crippen MR) is 84.1 cm³/mol. The molecule has 0 unspecified atom stereocenters. The number of nitrogens with zero attached hydrogens (tertiary/aromatic N) is 1. The van der Waals surface area contributed by atoms with E-state index in [1.807, 2.05) is 0 Å². The van der Waals surface area contributed by atoms with Crippen LogP contribution < -0.4 is 5.32 Å². The quantitative estimate of drug-likeness (QED) is 0.578. The van der Waals surface area contributed by atoms with Crippen LogP contribution in [0, 0.1) is 0 Å². The average molecular weight is 302 g/mol. The molecule has 0 radical (unpaired) electrons. The number of hydrogen-bond acceptors (Lipinski definition) is 3. The van der Waals surface area contributed by atoms with Crippen molar-refractivity contribution >= 4 is 20.1 Å². The number of nitrogens with one attached hydrogen (secondary N) is 1. The number of rotatable bonds is 7. The second kappa shape index (κ2) is 7.78. The second-order valence-electron chi connectivity index (χ2n) is 6.64. The minimum Gasteiger partial charge on any atom is -0.417 e. The Labute approximate surface area is 124 Å². The summed E-state index contributed by atoms with van der Waals surface area (Å²) >= 11 is 0. The lowest BCUT2D eigenvalue weighted by Gasteiger charge is -2.36. The Bertz CT molecular complexity index is 338. The summed E-state index contributed by atoms with van der Waals surface area (Å²) in [5, 5.41) is 2.69. The van der Waals surface area contributed by atoms with Gasteiger partial charge in [-0.25, -0.2) is 0 Å². The average Bonchev–Trinajstić information content (AvgIpc) is 2.32. The Balaban J connectivity index is 4.02. The van der Waals surface area contributed by atoms with Crippen LogP contribution in [0.1, 0.15) is 33.6 Å². The molecule has 2 amide bonds. The van der Waals surface area contributed by atoms with E-state index in [1.165, 1.54) is 4.90 Å². The number of hydrogen-bond donors (Lipinski definition) is 1. The van der Waals surface area contributed by atoms with E-state index < -0.39 is 8.32 Å². The van der Waals surface area contributed by atoms with Crippen LogP contribution in [0.15, 0.2) is 0 Å². The van der Waals surface area contributed by atoms with Gasteiger partial charge in [-0.1, -0.05) is 20.8 Å².